The predicted octanol–water partition coefficient (Wildman–Crippen LogP) is 6.71. The summed E-state index contributed by atoms with van der Waals surface area (Å²) >= 11 is 0. The van der Waals surface area contributed by atoms with Gasteiger partial charge in [-0.3, -0.25) is 14.7 Å². The SMILES string of the molecule is CC(C)(C)OC(=O)N1CCC2(CC1)OC(=O)c1cnc(-c3ccc(C[C@@H](C#N)CC(=O)[C@@H]4[C@H]5CC[C@H](C5)N4C(=O)OC(C)(C)C)c(F)c3)cc12. The van der Waals surface area contributed by atoms with Crippen molar-refractivity contribution < 1.29 is 37.8 Å². The van der Waals surface area contributed by atoms with Gasteiger partial charge in [0.15, 0.2) is 5.78 Å². The molecule has 2 saturated heterocycles. The first-order valence-electron chi connectivity index (χ1n) is 17.4. The number of pyridine rings is 1. The molecule has 0 radical (unpaired) electrons. The molecule has 0 unspecified atom stereocenters. The van der Waals surface area contributed by atoms with Gasteiger partial charge in [-0.25, -0.2) is 18.8 Å². The molecule has 12 heteroatoms. The second-order valence-corrected chi connectivity index (χ2v) is 16.0. The fourth-order valence-corrected chi connectivity index (χ4v) is 7.83. The first-order chi connectivity index (χ1) is 23.5. The molecular formula is C38H45FN4O7. The number of likely N-dealkylation sites (tertiary alicyclic amines) is 2. The van der Waals surface area contributed by atoms with Crippen molar-refractivity contribution in [3.05, 3.63) is 53.0 Å². The van der Waals surface area contributed by atoms with Crippen LogP contribution in [0.3, 0.4) is 0 Å². The van der Waals surface area contributed by atoms with Crippen LogP contribution in [0.4, 0.5) is 14.0 Å². The zero-order valence-electron chi connectivity index (χ0n) is 29.6. The Hall–Kier alpha value is -4.53. The van der Waals surface area contributed by atoms with Crippen molar-refractivity contribution in [2.45, 2.75) is 115 Å². The number of nitriles is 1. The first-order valence-corrected chi connectivity index (χ1v) is 17.4. The number of esters is 1. The van der Waals surface area contributed by atoms with Crippen LogP contribution in [0.1, 0.15) is 102 Å². The van der Waals surface area contributed by atoms with Gasteiger partial charge >= 0.3 is 18.2 Å². The number of carbonyl (C=O) groups excluding carboxylic acids is 4. The van der Waals surface area contributed by atoms with E-state index in [1.807, 2.05) is 0 Å². The molecule has 4 atom stereocenters. The van der Waals surface area contributed by atoms with Gasteiger partial charge in [0.25, 0.3) is 0 Å². The van der Waals surface area contributed by atoms with Gasteiger partial charge in [-0.05, 0) is 90.8 Å². The highest BCUT2D eigenvalue weighted by molar-refractivity contribution is 5.95. The second-order valence-electron chi connectivity index (χ2n) is 16.0. The van der Waals surface area contributed by atoms with Crippen molar-refractivity contribution in [2.75, 3.05) is 13.1 Å². The van der Waals surface area contributed by atoms with Gasteiger partial charge in [0.05, 0.1) is 29.3 Å². The number of aromatic nitrogens is 1. The second kappa shape index (κ2) is 13.0. The minimum Gasteiger partial charge on any atom is -0.450 e. The highest BCUT2D eigenvalue weighted by Gasteiger charge is 2.52. The molecule has 0 N–H and O–H groups in total. The lowest BCUT2D eigenvalue weighted by molar-refractivity contribution is -0.126. The van der Waals surface area contributed by atoms with Crippen LogP contribution in [0.2, 0.25) is 0 Å². The molecule has 6 rings (SSSR count). The Morgan fingerprint density at radius 3 is 2.38 bits per heavy atom. The zero-order chi connectivity index (χ0) is 36.2. The molecule has 1 spiro atoms. The van der Waals surface area contributed by atoms with E-state index in [2.05, 4.69) is 11.1 Å². The molecule has 3 aliphatic heterocycles. The number of Topliss-reactive ketones (excluding diaryl/α,β-unsaturated/α-hetero) is 1. The van der Waals surface area contributed by atoms with Crippen LogP contribution in [0.25, 0.3) is 11.3 Å². The van der Waals surface area contributed by atoms with Crippen LogP contribution >= 0.6 is 0 Å². The topological polar surface area (TPSA) is 139 Å². The largest absolute Gasteiger partial charge is 0.450 e. The quantitative estimate of drug-likeness (QED) is 0.239. The van der Waals surface area contributed by atoms with Crippen molar-refractivity contribution in [3.8, 4) is 17.3 Å². The lowest BCUT2D eigenvalue weighted by Gasteiger charge is -2.39. The number of hydrogen-bond donors (Lipinski definition) is 0. The summed E-state index contributed by atoms with van der Waals surface area (Å²) < 4.78 is 32.6. The number of rotatable bonds is 6. The van der Waals surface area contributed by atoms with Gasteiger partial charge in [-0.1, -0.05) is 12.1 Å². The summed E-state index contributed by atoms with van der Waals surface area (Å²) in [6.07, 6.45) is 3.62. The lowest BCUT2D eigenvalue weighted by atomic mass is 9.83. The Kier molecular flexibility index (Phi) is 9.16. The van der Waals surface area contributed by atoms with E-state index in [4.69, 9.17) is 14.2 Å². The van der Waals surface area contributed by atoms with Crippen LogP contribution < -0.4 is 0 Å². The van der Waals surface area contributed by atoms with Crippen LogP contribution in [0.15, 0.2) is 30.5 Å². The van der Waals surface area contributed by atoms with E-state index in [9.17, 15) is 24.4 Å². The molecule has 3 fully saturated rings. The van der Waals surface area contributed by atoms with Crippen molar-refractivity contribution in [2.24, 2.45) is 11.8 Å². The minimum absolute atomic E-state index is 0.0266. The van der Waals surface area contributed by atoms with Crippen LogP contribution in [0, 0.1) is 29.0 Å². The third kappa shape index (κ3) is 7.05. The molecule has 2 bridgehead atoms. The highest BCUT2D eigenvalue weighted by atomic mass is 19.1. The minimum atomic E-state index is -0.925. The molecule has 50 heavy (non-hydrogen) atoms. The first kappa shape index (κ1) is 35.3. The standard InChI is InChI=1S/C38H45FN4O7/c1-36(2,3)49-34(46)42-13-11-38(12-14-42)28-19-30(41-21-27(28)33(45)48-38)24-8-7-23(29(39)18-24)15-22(20-40)16-31(44)32-25-9-10-26(17-25)43(32)35(47)50-37(4,5)6/h7-8,18-19,21-22,25-26,32H,9-17H2,1-6H3/t22-,25+,26-,32+/m1/s1. The van der Waals surface area contributed by atoms with Gasteiger partial charge in [0, 0.05) is 55.7 Å². The van der Waals surface area contributed by atoms with E-state index in [1.54, 1.807) is 69.5 Å². The molecule has 11 nitrogen and oxygen atoms in total. The molecule has 4 aliphatic rings. The number of piperidine rings is 2. The van der Waals surface area contributed by atoms with E-state index >= 15 is 4.39 Å². The van der Waals surface area contributed by atoms with E-state index in [1.165, 1.54) is 12.3 Å². The number of amides is 2. The van der Waals surface area contributed by atoms with Crippen molar-refractivity contribution in [3.63, 3.8) is 0 Å². The fraction of sp³-hybridized carbons (Fsp3) is 0.579. The monoisotopic (exact) mass is 688 g/mol. The van der Waals surface area contributed by atoms with Crippen molar-refractivity contribution in [1.82, 2.24) is 14.8 Å². The molecule has 2 amide bonds. The predicted molar refractivity (Wildman–Crippen MR) is 179 cm³/mol. The Morgan fingerprint density at radius 1 is 1.06 bits per heavy atom. The van der Waals surface area contributed by atoms with Gasteiger partial charge in [0.1, 0.15) is 22.6 Å². The number of hydrogen-bond acceptors (Lipinski definition) is 9. The van der Waals surface area contributed by atoms with Gasteiger partial charge < -0.3 is 19.1 Å². The maximum absolute atomic E-state index is 15.6. The number of ether oxygens (including phenoxy) is 3. The smallest absolute Gasteiger partial charge is 0.411 e. The van der Waals surface area contributed by atoms with E-state index in [-0.39, 0.29) is 36.1 Å². The maximum Gasteiger partial charge on any atom is 0.411 e. The summed E-state index contributed by atoms with van der Waals surface area (Å²) in [5.74, 6) is -1.97. The van der Waals surface area contributed by atoms with Crippen molar-refractivity contribution >= 4 is 23.9 Å². The van der Waals surface area contributed by atoms with Crippen molar-refractivity contribution in [1.29, 1.82) is 5.26 Å². The number of ketones is 1. The van der Waals surface area contributed by atoms with Crippen LogP contribution in [-0.2, 0) is 31.0 Å². The molecule has 1 aliphatic carbocycles. The van der Waals surface area contributed by atoms with E-state index < -0.39 is 52.7 Å². The zero-order valence-corrected chi connectivity index (χ0v) is 29.6. The number of nitrogens with zero attached hydrogens (tertiary/aromatic N) is 4. The van der Waals surface area contributed by atoms with Crippen LogP contribution in [-0.4, -0.2) is 75.1 Å². The third-order valence-corrected chi connectivity index (χ3v) is 10.1. The molecular weight excluding hydrogens is 643 g/mol. The summed E-state index contributed by atoms with van der Waals surface area (Å²) in [6.45, 7) is 11.5. The highest BCUT2D eigenvalue weighted by Crippen LogP contribution is 2.46. The van der Waals surface area contributed by atoms with E-state index in [0.717, 1.165) is 19.3 Å². The summed E-state index contributed by atoms with van der Waals surface area (Å²) in [7, 11) is 0. The number of carbonyl (C=O) groups is 4. The average Bonchev–Trinajstić information content (AvgIpc) is 3.72. The number of benzene rings is 1. The molecule has 1 aromatic carbocycles. The maximum atomic E-state index is 15.6. The lowest BCUT2D eigenvalue weighted by Crippen LogP contribution is -2.51. The van der Waals surface area contributed by atoms with E-state index in [0.29, 0.717) is 48.3 Å². The Morgan fingerprint density at radius 2 is 1.74 bits per heavy atom. The Bertz CT molecular complexity index is 1750. The third-order valence-electron chi connectivity index (χ3n) is 10.1. The van der Waals surface area contributed by atoms with Crippen LogP contribution in [0.5, 0.6) is 0 Å². The number of halogens is 1. The molecule has 2 aromatic rings. The van der Waals surface area contributed by atoms with Gasteiger partial charge in [-0.2, -0.15) is 5.26 Å². The number of fused-ring (bicyclic) bond motifs is 4. The summed E-state index contributed by atoms with van der Waals surface area (Å²) in [4.78, 5) is 59.7. The normalized spacial score (nSPS) is 22.9. The molecule has 1 aromatic heterocycles. The van der Waals surface area contributed by atoms with Gasteiger partial charge in [-0.15, -0.1) is 0 Å². The fourth-order valence-electron chi connectivity index (χ4n) is 7.83. The molecule has 4 heterocycles. The Balaban J connectivity index is 1.14. The van der Waals surface area contributed by atoms with Gasteiger partial charge in [0.2, 0.25) is 0 Å². The average molecular weight is 689 g/mol. The summed E-state index contributed by atoms with van der Waals surface area (Å²) in [5, 5.41) is 9.98. The Labute approximate surface area is 292 Å². The molecule has 266 valence electrons. The molecule has 1 saturated carbocycles. The summed E-state index contributed by atoms with van der Waals surface area (Å²) in [5.41, 5.74) is -0.0298. The summed E-state index contributed by atoms with van der Waals surface area (Å²) in [6, 6.07) is 7.89.